The van der Waals surface area contributed by atoms with Crippen LogP contribution in [0.25, 0.3) is 0 Å². The molecule has 1 aliphatic rings. The van der Waals surface area contributed by atoms with Crippen LogP contribution in [0.1, 0.15) is 75.6 Å². The Morgan fingerprint density at radius 1 is 1.28 bits per heavy atom. The number of hydrogen-bond donors (Lipinski definition) is 1. The maximum Gasteiger partial charge on any atom is 0.133 e. The minimum atomic E-state index is -0.0148. The van der Waals surface area contributed by atoms with Crippen molar-refractivity contribution in [2.24, 2.45) is 0 Å². The molecule has 1 aromatic rings. The summed E-state index contributed by atoms with van der Waals surface area (Å²) >= 11 is 6.40. The first-order chi connectivity index (χ1) is 8.65. The standard InChI is InChI=1S/C14H23ClN2O/c1-10(2)13-12(9-18)14(15)17(16-13)11-7-5-3-4-6-8-11/h10-11,18H,3-9H2,1-2H3. The van der Waals surface area contributed by atoms with Crippen LogP contribution in [0.15, 0.2) is 0 Å². The molecular weight excluding hydrogens is 248 g/mol. The van der Waals surface area contributed by atoms with Crippen molar-refractivity contribution in [1.82, 2.24) is 9.78 Å². The van der Waals surface area contributed by atoms with Gasteiger partial charge in [0.05, 0.1) is 18.3 Å². The first-order valence-electron chi connectivity index (χ1n) is 7.02. The van der Waals surface area contributed by atoms with Crippen molar-refractivity contribution < 1.29 is 5.11 Å². The summed E-state index contributed by atoms with van der Waals surface area (Å²) in [5.74, 6) is 0.302. The van der Waals surface area contributed by atoms with Gasteiger partial charge < -0.3 is 5.11 Å². The molecule has 1 heterocycles. The van der Waals surface area contributed by atoms with E-state index in [9.17, 15) is 5.11 Å². The predicted octanol–water partition coefficient (Wildman–Crippen LogP) is 4.05. The third kappa shape index (κ3) is 2.72. The second-order valence-electron chi connectivity index (χ2n) is 5.56. The number of rotatable bonds is 3. The zero-order valence-corrected chi connectivity index (χ0v) is 12.1. The molecule has 4 heteroatoms. The molecule has 1 aliphatic carbocycles. The molecule has 3 nitrogen and oxygen atoms in total. The molecule has 0 radical (unpaired) electrons. The van der Waals surface area contributed by atoms with Gasteiger partial charge in [0.2, 0.25) is 0 Å². The Bertz CT molecular complexity index is 393. The predicted molar refractivity (Wildman–Crippen MR) is 74.0 cm³/mol. The van der Waals surface area contributed by atoms with Crippen LogP contribution in [-0.2, 0) is 6.61 Å². The third-order valence-electron chi connectivity index (χ3n) is 3.85. The minimum absolute atomic E-state index is 0.0148. The Morgan fingerprint density at radius 2 is 1.89 bits per heavy atom. The smallest absolute Gasteiger partial charge is 0.133 e. The lowest BCUT2D eigenvalue weighted by molar-refractivity contribution is 0.280. The number of aromatic nitrogens is 2. The summed E-state index contributed by atoms with van der Waals surface area (Å²) in [4.78, 5) is 0. The molecule has 18 heavy (non-hydrogen) atoms. The van der Waals surface area contributed by atoms with E-state index in [0.29, 0.717) is 17.1 Å². The molecule has 0 atom stereocenters. The Kier molecular flexibility index (Phi) is 4.68. The summed E-state index contributed by atoms with van der Waals surface area (Å²) in [6.07, 6.45) is 7.46. The van der Waals surface area contributed by atoms with E-state index in [-0.39, 0.29) is 6.61 Å². The highest BCUT2D eigenvalue weighted by Gasteiger charge is 2.23. The van der Waals surface area contributed by atoms with Crippen molar-refractivity contribution in [3.8, 4) is 0 Å². The van der Waals surface area contributed by atoms with Gasteiger partial charge in [0, 0.05) is 5.56 Å². The van der Waals surface area contributed by atoms with Crippen LogP contribution in [0.3, 0.4) is 0 Å². The summed E-state index contributed by atoms with van der Waals surface area (Å²) in [7, 11) is 0. The lowest BCUT2D eigenvalue weighted by Gasteiger charge is -2.15. The fourth-order valence-electron chi connectivity index (χ4n) is 2.82. The lowest BCUT2D eigenvalue weighted by atomic mass is 10.1. The zero-order chi connectivity index (χ0) is 13.1. The summed E-state index contributed by atoms with van der Waals surface area (Å²) in [6, 6.07) is 0.415. The molecule has 1 saturated carbocycles. The second-order valence-corrected chi connectivity index (χ2v) is 5.92. The molecule has 0 saturated heterocycles. The van der Waals surface area contributed by atoms with Gasteiger partial charge in [-0.25, -0.2) is 0 Å². The van der Waals surface area contributed by atoms with Crippen LogP contribution in [0.2, 0.25) is 5.15 Å². The Labute approximate surface area is 114 Å². The van der Waals surface area contributed by atoms with Gasteiger partial charge in [0.15, 0.2) is 0 Å². The first-order valence-corrected chi connectivity index (χ1v) is 7.40. The number of halogens is 1. The van der Waals surface area contributed by atoms with Crippen molar-refractivity contribution in [2.75, 3.05) is 0 Å². The molecule has 0 bridgehead atoms. The molecule has 1 fully saturated rings. The van der Waals surface area contributed by atoms with E-state index in [4.69, 9.17) is 11.6 Å². The van der Waals surface area contributed by atoms with Gasteiger partial charge in [-0.3, -0.25) is 4.68 Å². The lowest BCUT2D eigenvalue weighted by Crippen LogP contribution is -2.10. The minimum Gasteiger partial charge on any atom is -0.391 e. The summed E-state index contributed by atoms with van der Waals surface area (Å²) < 4.78 is 1.97. The summed E-state index contributed by atoms with van der Waals surface area (Å²) in [6.45, 7) is 4.17. The Hall–Kier alpha value is -0.540. The van der Waals surface area contributed by atoms with Crippen molar-refractivity contribution in [3.05, 3.63) is 16.4 Å². The van der Waals surface area contributed by atoms with Crippen LogP contribution >= 0.6 is 11.6 Å². The molecule has 0 aliphatic heterocycles. The average Bonchev–Trinajstić information content (AvgIpc) is 2.55. The number of aliphatic hydroxyl groups is 1. The second kappa shape index (κ2) is 6.07. The molecule has 102 valence electrons. The SMILES string of the molecule is CC(C)c1nn(C2CCCCCC2)c(Cl)c1CO. The van der Waals surface area contributed by atoms with Crippen LogP contribution in [0, 0.1) is 0 Å². The van der Waals surface area contributed by atoms with E-state index in [1.807, 2.05) is 4.68 Å². The molecule has 0 spiro atoms. The molecule has 2 rings (SSSR count). The quantitative estimate of drug-likeness (QED) is 0.842. The number of aliphatic hydroxyl groups excluding tert-OH is 1. The number of hydrogen-bond acceptors (Lipinski definition) is 2. The normalized spacial score (nSPS) is 18.3. The molecule has 0 aromatic carbocycles. The van der Waals surface area contributed by atoms with E-state index in [1.165, 1.54) is 25.7 Å². The van der Waals surface area contributed by atoms with Gasteiger partial charge in [0.1, 0.15) is 5.15 Å². The van der Waals surface area contributed by atoms with Crippen molar-refractivity contribution in [3.63, 3.8) is 0 Å². The zero-order valence-electron chi connectivity index (χ0n) is 11.3. The van der Waals surface area contributed by atoms with E-state index < -0.39 is 0 Å². The topological polar surface area (TPSA) is 38.0 Å². The van der Waals surface area contributed by atoms with Gasteiger partial charge in [-0.1, -0.05) is 51.1 Å². The van der Waals surface area contributed by atoms with E-state index >= 15 is 0 Å². The molecular formula is C14H23ClN2O. The van der Waals surface area contributed by atoms with Crippen LogP contribution in [0.4, 0.5) is 0 Å². The van der Waals surface area contributed by atoms with Gasteiger partial charge >= 0.3 is 0 Å². The average molecular weight is 271 g/mol. The fraction of sp³-hybridized carbons (Fsp3) is 0.786. The van der Waals surface area contributed by atoms with E-state index in [0.717, 1.165) is 24.1 Å². The van der Waals surface area contributed by atoms with Crippen LogP contribution in [0.5, 0.6) is 0 Å². The Balaban J connectivity index is 2.31. The molecule has 0 amide bonds. The first kappa shape index (κ1) is 13.9. The van der Waals surface area contributed by atoms with Gasteiger partial charge in [-0.15, -0.1) is 0 Å². The molecule has 0 unspecified atom stereocenters. The third-order valence-corrected chi connectivity index (χ3v) is 4.25. The fourth-order valence-corrected chi connectivity index (χ4v) is 3.15. The molecule has 1 N–H and O–H groups in total. The van der Waals surface area contributed by atoms with Gasteiger partial charge in [-0.2, -0.15) is 5.10 Å². The van der Waals surface area contributed by atoms with E-state index in [1.54, 1.807) is 0 Å². The highest BCUT2D eigenvalue weighted by atomic mass is 35.5. The molecule has 1 aromatic heterocycles. The highest BCUT2D eigenvalue weighted by molar-refractivity contribution is 6.30. The number of nitrogens with zero attached hydrogens (tertiary/aromatic N) is 2. The maximum absolute atomic E-state index is 9.48. The van der Waals surface area contributed by atoms with Gasteiger partial charge in [0.25, 0.3) is 0 Å². The van der Waals surface area contributed by atoms with Crippen LogP contribution < -0.4 is 0 Å². The summed E-state index contributed by atoms with van der Waals surface area (Å²) in [5, 5.41) is 14.8. The highest BCUT2D eigenvalue weighted by Crippen LogP contribution is 2.33. The Morgan fingerprint density at radius 3 is 2.33 bits per heavy atom. The maximum atomic E-state index is 9.48. The van der Waals surface area contributed by atoms with E-state index in [2.05, 4.69) is 18.9 Å². The summed E-state index contributed by atoms with van der Waals surface area (Å²) in [5.41, 5.74) is 1.77. The monoisotopic (exact) mass is 270 g/mol. The van der Waals surface area contributed by atoms with Crippen molar-refractivity contribution in [1.29, 1.82) is 0 Å². The van der Waals surface area contributed by atoms with Crippen LogP contribution in [-0.4, -0.2) is 14.9 Å². The van der Waals surface area contributed by atoms with Crippen molar-refractivity contribution in [2.45, 2.75) is 70.9 Å². The van der Waals surface area contributed by atoms with Crippen molar-refractivity contribution >= 4 is 11.6 Å². The van der Waals surface area contributed by atoms with Gasteiger partial charge in [-0.05, 0) is 18.8 Å². The largest absolute Gasteiger partial charge is 0.391 e.